The highest BCUT2D eigenvalue weighted by Crippen LogP contribution is 2.28. The zero-order valence-electron chi connectivity index (χ0n) is 7.98. The highest BCUT2D eigenvalue weighted by Gasteiger charge is 2.09. The van der Waals surface area contributed by atoms with E-state index in [9.17, 15) is 4.79 Å². The number of benzene rings is 1. The molecule has 4 nitrogen and oxygen atoms in total. The molecule has 0 bridgehead atoms. The third-order valence-corrected chi connectivity index (χ3v) is 3.08. The smallest absolute Gasteiger partial charge is 0.337 e. The Balaban J connectivity index is 2.24. The van der Waals surface area contributed by atoms with Gasteiger partial charge in [0.1, 0.15) is 0 Å². The van der Waals surface area contributed by atoms with Gasteiger partial charge in [-0.1, -0.05) is 23.4 Å². The largest absolute Gasteiger partial charge is 0.478 e. The van der Waals surface area contributed by atoms with Crippen molar-refractivity contribution in [3.8, 4) is 0 Å². The van der Waals surface area contributed by atoms with Crippen molar-refractivity contribution in [2.24, 2.45) is 0 Å². The van der Waals surface area contributed by atoms with E-state index in [1.54, 1.807) is 24.5 Å². The number of carboxylic acid groups (broad SMARTS) is 1. The Kier molecular flexibility index (Phi) is 3.17. The molecule has 0 aliphatic rings. The van der Waals surface area contributed by atoms with Gasteiger partial charge in [-0.25, -0.2) is 9.78 Å². The summed E-state index contributed by atoms with van der Waals surface area (Å²) in [7, 11) is 0. The van der Waals surface area contributed by atoms with Crippen LogP contribution in [0.1, 0.15) is 10.4 Å². The molecule has 6 heteroatoms. The van der Waals surface area contributed by atoms with Gasteiger partial charge >= 0.3 is 5.97 Å². The molecule has 0 saturated heterocycles. The van der Waals surface area contributed by atoms with Crippen molar-refractivity contribution in [1.82, 2.24) is 9.97 Å². The van der Waals surface area contributed by atoms with Gasteiger partial charge in [0, 0.05) is 17.3 Å². The maximum atomic E-state index is 10.7. The first-order valence-corrected chi connectivity index (χ1v) is 5.56. The minimum Gasteiger partial charge on any atom is -0.478 e. The van der Waals surface area contributed by atoms with Gasteiger partial charge in [-0.15, -0.1) is 0 Å². The van der Waals surface area contributed by atoms with Crippen molar-refractivity contribution in [3.63, 3.8) is 0 Å². The highest BCUT2D eigenvalue weighted by molar-refractivity contribution is 7.99. The van der Waals surface area contributed by atoms with E-state index in [2.05, 4.69) is 9.97 Å². The predicted molar refractivity (Wildman–Crippen MR) is 61.1 cm³/mol. The van der Waals surface area contributed by atoms with Crippen molar-refractivity contribution in [2.75, 3.05) is 0 Å². The van der Waals surface area contributed by atoms with Crippen LogP contribution in [0.25, 0.3) is 0 Å². The molecule has 2 rings (SSSR count). The standard InChI is InChI=1S/C10H7ClN2O2S/c11-8-5-6(1-2-7(8)9(14)15)16-10-12-3-4-13-10/h1-5H,(H,12,13)(H,14,15). The molecule has 0 fully saturated rings. The van der Waals surface area contributed by atoms with E-state index in [0.29, 0.717) is 0 Å². The topological polar surface area (TPSA) is 66.0 Å². The number of carbonyl (C=O) groups is 1. The fourth-order valence-corrected chi connectivity index (χ4v) is 2.25. The lowest BCUT2D eigenvalue weighted by molar-refractivity contribution is 0.0697. The fraction of sp³-hybridized carbons (Fsp3) is 0. The average molecular weight is 255 g/mol. The Morgan fingerprint density at radius 2 is 2.31 bits per heavy atom. The Hall–Kier alpha value is -1.46. The van der Waals surface area contributed by atoms with Gasteiger partial charge in [0.05, 0.1) is 10.6 Å². The maximum absolute atomic E-state index is 10.7. The Morgan fingerprint density at radius 1 is 1.50 bits per heavy atom. The zero-order chi connectivity index (χ0) is 11.5. The Morgan fingerprint density at radius 3 is 2.88 bits per heavy atom. The first-order valence-electron chi connectivity index (χ1n) is 4.37. The molecule has 0 unspecified atom stereocenters. The third kappa shape index (κ3) is 2.37. The number of aromatic nitrogens is 2. The van der Waals surface area contributed by atoms with Gasteiger partial charge in [0.15, 0.2) is 5.16 Å². The SMILES string of the molecule is O=C(O)c1ccc(Sc2ncc[nH]2)cc1Cl. The van der Waals surface area contributed by atoms with Crippen LogP contribution in [0, 0.1) is 0 Å². The summed E-state index contributed by atoms with van der Waals surface area (Å²) in [6, 6.07) is 4.79. The van der Waals surface area contributed by atoms with E-state index in [-0.39, 0.29) is 10.6 Å². The third-order valence-electron chi connectivity index (χ3n) is 1.86. The van der Waals surface area contributed by atoms with Crippen LogP contribution in [0.3, 0.4) is 0 Å². The van der Waals surface area contributed by atoms with E-state index in [1.807, 2.05) is 0 Å². The zero-order valence-corrected chi connectivity index (χ0v) is 9.55. The molecule has 1 aromatic heterocycles. The van der Waals surface area contributed by atoms with Crippen LogP contribution in [0.15, 0.2) is 40.6 Å². The van der Waals surface area contributed by atoms with E-state index < -0.39 is 5.97 Å². The van der Waals surface area contributed by atoms with Crippen LogP contribution in [-0.4, -0.2) is 21.0 Å². The molecule has 0 aliphatic carbocycles. The minimum absolute atomic E-state index is 0.102. The van der Waals surface area contributed by atoms with Crippen molar-refractivity contribution >= 4 is 29.3 Å². The summed E-state index contributed by atoms with van der Waals surface area (Å²) in [5.74, 6) is -1.03. The van der Waals surface area contributed by atoms with Crippen LogP contribution in [0.5, 0.6) is 0 Å². The van der Waals surface area contributed by atoms with Crippen molar-refractivity contribution in [3.05, 3.63) is 41.2 Å². The minimum atomic E-state index is -1.03. The van der Waals surface area contributed by atoms with Gasteiger partial charge in [-0.2, -0.15) is 0 Å². The number of aromatic amines is 1. The molecular weight excluding hydrogens is 248 g/mol. The summed E-state index contributed by atoms with van der Waals surface area (Å²) in [6.45, 7) is 0. The van der Waals surface area contributed by atoms with Crippen LogP contribution in [0.2, 0.25) is 5.02 Å². The lowest BCUT2D eigenvalue weighted by atomic mass is 10.2. The number of nitrogens with one attached hydrogen (secondary N) is 1. The molecule has 2 N–H and O–H groups in total. The fourth-order valence-electron chi connectivity index (χ4n) is 1.15. The lowest BCUT2D eigenvalue weighted by Gasteiger charge is -2.01. The molecule has 1 aromatic carbocycles. The van der Waals surface area contributed by atoms with Crippen LogP contribution in [0.4, 0.5) is 0 Å². The summed E-state index contributed by atoms with van der Waals surface area (Å²) in [4.78, 5) is 18.6. The maximum Gasteiger partial charge on any atom is 0.337 e. The molecular formula is C10H7ClN2O2S. The number of imidazole rings is 1. The summed E-state index contributed by atoms with van der Waals surface area (Å²) in [6.07, 6.45) is 3.37. The van der Waals surface area contributed by atoms with E-state index in [4.69, 9.17) is 16.7 Å². The Bertz CT molecular complexity index is 514. The van der Waals surface area contributed by atoms with E-state index >= 15 is 0 Å². The molecule has 0 radical (unpaired) electrons. The first-order chi connectivity index (χ1) is 7.66. The summed E-state index contributed by atoms with van der Waals surface area (Å²) in [5.41, 5.74) is 0.102. The number of hydrogen-bond donors (Lipinski definition) is 2. The molecule has 16 heavy (non-hydrogen) atoms. The van der Waals surface area contributed by atoms with Crippen molar-refractivity contribution < 1.29 is 9.90 Å². The molecule has 0 spiro atoms. The number of halogens is 1. The monoisotopic (exact) mass is 254 g/mol. The quantitative estimate of drug-likeness (QED) is 0.884. The van der Waals surface area contributed by atoms with Gasteiger partial charge in [0.25, 0.3) is 0 Å². The molecule has 0 amide bonds. The molecule has 0 saturated carbocycles. The average Bonchev–Trinajstić information content (AvgIpc) is 2.70. The second kappa shape index (κ2) is 4.59. The van der Waals surface area contributed by atoms with E-state index in [1.165, 1.54) is 17.8 Å². The summed E-state index contributed by atoms with van der Waals surface area (Å²) in [5, 5.41) is 9.76. The molecule has 82 valence electrons. The number of hydrogen-bond acceptors (Lipinski definition) is 3. The van der Waals surface area contributed by atoms with Crippen LogP contribution < -0.4 is 0 Å². The molecule has 2 aromatic rings. The van der Waals surface area contributed by atoms with E-state index in [0.717, 1.165) is 10.1 Å². The number of nitrogens with zero attached hydrogens (tertiary/aromatic N) is 1. The Labute approximate surface area is 101 Å². The first kappa shape index (κ1) is 11.0. The lowest BCUT2D eigenvalue weighted by Crippen LogP contribution is -1.96. The van der Waals surface area contributed by atoms with Gasteiger partial charge in [0.2, 0.25) is 0 Å². The number of H-pyrrole nitrogens is 1. The normalized spacial score (nSPS) is 10.3. The van der Waals surface area contributed by atoms with Gasteiger partial charge < -0.3 is 10.1 Å². The van der Waals surface area contributed by atoms with Crippen LogP contribution in [-0.2, 0) is 0 Å². The molecule has 0 atom stereocenters. The van der Waals surface area contributed by atoms with Crippen LogP contribution >= 0.6 is 23.4 Å². The van der Waals surface area contributed by atoms with Crippen molar-refractivity contribution in [2.45, 2.75) is 10.1 Å². The second-order valence-electron chi connectivity index (χ2n) is 2.94. The summed E-state index contributed by atoms with van der Waals surface area (Å²) >= 11 is 7.22. The van der Waals surface area contributed by atoms with Gasteiger partial charge in [-0.3, -0.25) is 0 Å². The number of aromatic carboxylic acids is 1. The molecule has 0 aliphatic heterocycles. The summed E-state index contributed by atoms with van der Waals surface area (Å²) < 4.78 is 0. The van der Waals surface area contributed by atoms with Gasteiger partial charge in [-0.05, 0) is 18.2 Å². The predicted octanol–water partition coefficient (Wildman–Crippen LogP) is 2.91. The number of rotatable bonds is 3. The highest BCUT2D eigenvalue weighted by atomic mass is 35.5. The molecule has 1 heterocycles. The second-order valence-corrected chi connectivity index (χ2v) is 4.41. The number of carboxylic acids is 1. The van der Waals surface area contributed by atoms with Crippen molar-refractivity contribution in [1.29, 1.82) is 0 Å².